The molecule has 0 aromatic heterocycles. The number of nitrogens with one attached hydrogen (secondary N) is 1. The number of carbonyl (C=O) groups excluding carboxylic acids is 2. The molecule has 1 aliphatic heterocycles. The normalized spacial score (nSPS) is 19.2. The molecule has 2 aliphatic rings. The van der Waals surface area contributed by atoms with Gasteiger partial charge in [-0.3, -0.25) is 14.4 Å². The minimum atomic E-state index is -0.949. The van der Waals surface area contributed by atoms with Gasteiger partial charge in [-0.1, -0.05) is 24.4 Å². The van der Waals surface area contributed by atoms with Gasteiger partial charge in [0.25, 0.3) is 0 Å². The highest BCUT2D eigenvalue weighted by atomic mass is 35.5. The summed E-state index contributed by atoms with van der Waals surface area (Å²) in [5.41, 5.74) is 0.194. The molecule has 1 heterocycles. The summed E-state index contributed by atoms with van der Waals surface area (Å²) in [4.78, 5) is 37.3. The first-order chi connectivity index (χ1) is 11.9. The number of hydrogen-bond acceptors (Lipinski definition) is 3. The van der Waals surface area contributed by atoms with Crippen molar-refractivity contribution in [1.82, 2.24) is 0 Å². The Morgan fingerprint density at radius 2 is 1.96 bits per heavy atom. The van der Waals surface area contributed by atoms with E-state index in [9.17, 15) is 19.5 Å². The first-order valence-electron chi connectivity index (χ1n) is 8.54. The summed E-state index contributed by atoms with van der Waals surface area (Å²) in [5.74, 6) is -1.19. The SMILES string of the molecule is O=C(CC1(C(=O)O)CCCC1)Nc1ccc(N2CCCC2=O)c(Cl)c1. The quantitative estimate of drug-likeness (QED) is 0.837. The number of benzene rings is 1. The number of amides is 2. The lowest BCUT2D eigenvalue weighted by molar-refractivity contribution is -0.150. The Labute approximate surface area is 151 Å². The molecule has 25 heavy (non-hydrogen) atoms. The third kappa shape index (κ3) is 3.63. The number of aliphatic carboxylic acids is 1. The van der Waals surface area contributed by atoms with Gasteiger partial charge in [-0.25, -0.2) is 0 Å². The molecule has 7 heteroatoms. The van der Waals surface area contributed by atoms with Crippen molar-refractivity contribution in [2.75, 3.05) is 16.8 Å². The number of halogens is 1. The highest BCUT2D eigenvalue weighted by Crippen LogP contribution is 2.41. The minimum absolute atomic E-state index is 0.0354. The fourth-order valence-electron chi connectivity index (χ4n) is 3.74. The van der Waals surface area contributed by atoms with Crippen LogP contribution in [0, 0.1) is 5.41 Å². The van der Waals surface area contributed by atoms with Crippen molar-refractivity contribution in [2.24, 2.45) is 5.41 Å². The van der Waals surface area contributed by atoms with E-state index in [2.05, 4.69) is 5.32 Å². The van der Waals surface area contributed by atoms with Crippen LogP contribution in [0.25, 0.3) is 0 Å². The smallest absolute Gasteiger partial charge is 0.310 e. The zero-order valence-corrected chi connectivity index (χ0v) is 14.6. The fraction of sp³-hybridized carbons (Fsp3) is 0.500. The van der Waals surface area contributed by atoms with E-state index < -0.39 is 11.4 Å². The number of rotatable bonds is 5. The van der Waals surface area contributed by atoms with Crippen LogP contribution in [0.4, 0.5) is 11.4 Å². The van der Waals surface area contributed by atoms with Crippen LogP contribution in [0.1, 0.15) is 44.9 Å². The third-order valence-corrected chi connectivity index (χ3v) is 5.41. The first-order valence-corrected chi connectivity index (χ1v) is 8.92. The predicted molar refractivity (Wildman–Crippen MR) is 94.8 cm³/mol. The number of anilines is 2. The second-order valence-electron chi connectivity index (χ2n) is 6.83. The third-order valence-electron chi connectivity index (χ3n) is 5.11. The molecule has 1 aromatic rings. The lowest BCUT2D eigenvalue weighted by Crippen LogP contribution is -2.32. The molecule has 1 aliphatic carbocycles. The lowest BCUT2D eigenvalue weighted by Gasteiger charge is -2.23. The second-order valence-corrected chi connectivity index (χ2v) is 7.24. The largest absolute Gasteiger partial charge is 0.481 e. The molecule has 1 saturated heterocycles. The van der Waals surface area contributed by atoms with Gasteiger partial charge in [0, 0.05) is 25.1 Å². The topological polar surface area (TPSA) is 86.7 Å². The zero-order valence-electron chi connectivity index (χ0n) is 13.9. The van der Waals surface area contributed by atoms with Gasteiger partial charge in [0.05, 0.1) is 16.1 Å². The van der Waals surface area contributed by atoms with Gasteiger partial charge in [0.2, 0.25) is 11.8 Å². The van der Waals surface area contributed by atoms with Gasteiger partial charge in [-0.05, 0) is 37.5 Å². The van der Waals surface area contributed by atoms with Gasteiger partial charge in [-0.2, -0.15) is 0 Å². The maximum absolute atomic E-state index is 12.3. The average Bonchev–Trinajstić information content (AvgIpc) is 3.17. The van der Waals surface area contributed by atoms with Crippen LogP contribution >= 0.6 is 11.6 Å². The molecule has 0 radical (unpaired) electrons. The Kier molecular flexibility index (Phi) is 4.99. The van der Waals surface area contributed by atoms with Crippen molar-refractivity contribution in [3.63, 3.8) is 0 Å². The van der Waals surface area contributed by atoms with Crippen LogP contribution < -0.4 is 10.2 Å². The van der Waals surface area contributed by atoms with Crippen LogP contribution in [0.5, 0.6) is 0 Å². The van der Waals surface area contributed by atoms with Crippen LogP contribution in [-0.2, 0) is 14.4 Å². The van der Waals surface area contributed by atoms with Crippen molar-refractivity contribution < 1.29 is 19.5 Å². The zero-order chi connectivity index (χ0) is 18.0. The molecule has 3 rings (SSSR count). The number of hydrogen-bond donors (Lipinski definition) is 2. The van der Waals surface area contributed by atoms with Gasteiger partial charge < -0.3 is 15.3 Å². The lowest BCUT2D eigenvalue weighted by atomic mass is 9.82. The first kappa shape index (κ1) is 17.7. The Morgan fingerprint density at radius 1 is 1.24 bits per heavy atom. The predicted octanol–water partition coefficient (Wildman–Crippen LogP) is 3.44. The number of carboxylic acids is 1. The minimum Gasteiger partial charge on any atom is -0.481 e. The van der Waals surface area contributed by atoms with Crippen molar-refractivity contribution in [2.45, 2.75) is 44.9 Å². The van der Waals surface area contributed by atoms with E-state index in [1.807, 2.05) is 0 Å². The number of nitrogens with zero attached hydrogens (tertiary/aromatic N) is 1. The molecular formula is C18H21ClN2O4. The summed E-state index contributed by atoms with van der Waals surface area (Å²) in [6.45, 7) is 0.644. The molecule has 0 atom stereocenters. The summed E-state index contributed by atoms with van der Waals surface area (Å²) < 4.78 is 0. The molecule has 1 aromatic carbocycles. The maximum Gasteiger partial charge on any atom is 0.310 e. The van der Waals surface area contributed by atoms with E-state index in [4.69, 9.17) is 11.6 Å². The van der Waals surface area contributed by atoms with E-state index in [1.165, 1.54) is 0 Å². The number of carbonyl (C=O) groups is 3. The summed E-state index contributed by atoms with van der Waals surface area (Å²) >= 11 is 6.27. The van der Waals surface area contributed by atoms with Crippen LogP contribution in [0.2, 0.25) is 5.02 Å². The van der Waals surface area contributed by atoms with Crippen molar-refractivity contribution in [3.8, 4) is 0 Å². The van der Waals surface area contributed by atoms with Crippen LogP contribution in [0.15, 0.2) is 18.2 Å². The van der Waals surface area contributed by atoms with Crippen LogP contribution in [0.3, 0.4) is 0 Å². The maximum atomic E-state index is 12.3. The second kappa shape index (κ2) is 7.04. The number of carboxylic acid groups (broad SMARTS) is 1. The standard InChI is InChI=1S/C18H21ClN2O4/c19-13-10-12(5-6-14(13)21-9-3-4-16(21)23)20-15(22)11-18(17(24)25)7-1-2-8-18/h5-6,10H,1-4,7-9,11H2,(H,20,22)(H,24,25). The van der Waals surface area contributed by atoms with Gasteiger partial charge in [-0.15, -0.1) is 0 Å². The van der Waals surface area contributed by atoms with E-state index in [0.717, 1.165) is 19.3 Å². The van der Waals surface area contributed by atoms with E-state index in [-0.39, 0.29) is 18.2 Å². The van der Waals surface area contributed by atoms with Gasteiger partial charge >= 0.3 is 5.97 Å². The summed E-state index contributed by atoms with van der Waals surface area (Å²) in [6, 6.07) is 5.00. The molecule has 1 saturated carbocycles. The van der Waals surface area contributed by atoms with E-state index >= 15 is 0 Å². The Morgan fingerprint density at radius 3 is 2.52 bits per heavy atom. The summed E-state index contributed by atoms with van der Waals surface area (Å²) in [6.07, 6.45) is 4.04. The highest BCUT2D eigenvalue weighted by Gasteiger charge is 2.43. The van der Waals surface area contributed by atoms with Crippen molar-refractivity contribution >= 4 is 40.8 Å². The molecule has 0 unspecified atom stereocenters. The Balaban J connectivity index is 1.68. The van der Waals surface area contributed by atoms with Gasteiger partial charge in [0.1, 0.15) is 0 Å². The Bertz CT molecular complexity index is 713. The Hall–Kier alpha value is -2.08. The van der Waals surface area contributed by atoms with Gasteiger partial charge in [0.15, 0.2) is 0 Å². The summed E-state index contributed by atoms with van der Waals surface area (Å²) in [7, 11) is 0. The molecule has 134 valence electrons. The monoisotopic (exact) mass is 364 g/mol. The molecule has 2 N–H and O–H groups in total. The average molecular weight is 365 g/mol. The van der Waals surface area contributed by atoms with Crippen molar-refractivity contribution in [1.29, 1.82) is 0 Å². The molecule has 6 nitrogen and oxygen atoms in total. The molecule has 2 amide bonds. The molecular weight excluding hydrogens is 344 g/mol. The molecule has 0 spiro atoms. The van der Waals surface area contributed by atoms with E-state index in [0.29, 0.717) is 42.2 Å². The molecule has 2 fully saturated rings. The molecule has 0 bridgehead atoms. The van der Waals surface area contributed by atoms with Crippen molar-refractivity contribution in [3.05, 3.63) is 23.2 Å². The van der Waals surface area contributed by atoms with E-state index in [1.54, 1.807) is 23.1 Å². The highest BCUT2D eigenvalue weighted by molar-refractivity contribution is 6.34. The van der Waals surface area contributed by atoms with Crippen LogP contribution in [-0.4, -0.2) is 29.4 Å². The summed E-state index contributed by atoms with van der Waals surface area (Å²) in [5, 5.41) is 12.6. The fourth-order valence-corrected chi connectivity index (χ4v) is 4.02.